The summed E-state index contributed by atoms with van der Waals surface area (Å²) < 4.78 is 5.02. The van der Waals surface area contributed by atoms with Crippen molar-refractivity contribution in [2.75, 3.05) is 13.2 Å². The fraction of sp³-hybridized carbons (Fsp3) is 0.300. The third-order valence-corrected chi connectivity index (χ3v) is 1.73. The number of carboxylic acids is 1. The molecule has 0 bridgehead atoms. The van der Waals surface area contributed by atoms with Crippen LogP contribution in [-0.4, -0.2) is 24.3 Å². The van der Waals surface area contributed by atoms with Crippen LogP contribution in [0.4, 0.5) is 0 Å². The number of hydrogen-bond acceptors (Lipinski definition) is 4. The molecule has 1 N–H and O–H groups in total. The van der Waals surface area contributed by atoms with Crippen LogP contribution < -0.4 is 5.11 Å². The number of hydrogen-bond donors (Lipinski definition) is 1. The number of carboxylic acid groups (broad SMARTS) is 1. The summed E-state index contributed by atoms with van der Waals surface area (Å²) in [6.07, 6.45) is 0. The number of rotatable bonds is 5. The minimum Gasteiger partial charge on any atom is -0.545 e. The summed E-state index contributed by atoms with van der Waals surface area (Å²) >= 11 is 0. The maximum Gasteiger partial charge on any atom is 0.0724 e. The second-order valence-electron chi connectivity index (χ2n) is 2.72. The average Bonchev–Trinajstić information content (AvgIpc) is 2.19. The van der Waals surface area contributed by atoms with Crippen molar-refractivity contribution < 1.29 is 19.7 Å². The molecule has 0 spiro atoms. The molecule has 0 atom stereocenters. The van der Waals surface area contributed by atoms with Crippen LogP contribution in [0, 0.1) is 0 Å². The van der Waals surface area contributed by atoms with Crippen LogP contribution >= 0.6 is 0 Å². The van der Waals surface area contributed by atoms with Crippen molar-refractivity contribution in [1.82, 2.24) is 0 Å². The molecule has 0 unspecified atom stereocenters. The van der Waals surface area contributed by atoms with Gasteiger partial charge in [-0.3, -0.25) is 0 Å². The molecule has 4 nitrogen and oxygen atoms in total. The van der Waals surface area contributed by atoms with Gasteiger partial charge in [-0.1, -0.05) is 24.3 Å². The van der Waals surface area contributed by atoms with Crippen LogP contribution in [0.3, 0.4) is 0 Å². The van der Waals surface area contributed by atoms with E-state index >= 15 is 0 Å². The topological polar surface area (TPSA) is 69.6 Å². The average molecular weight is 195 g/mol. The molecule has 1 rings (SSSR count). The summed E-state index contributed by atoms with van der Waals surface area (Å²) in [6.45, 7) is 0.291. The lowest BCUT2D eigenvalue weighted by molar-refractivity contribution is -0.255. The number of aliphatic hydroxyl groups is 1. The molecule has 0 heterocycles. The van der Waals surface area contributed by atoms with Gasteiger partial charge < -0.3 is 19.7 Å². The fourth-order valence-electron chi connectivity index (χ4n) is 1.09. The Labute approximate surface area is 81.8 Å². The lowest BCUT2D eigenvalue weighted by Gasteiger charge is -2.09. The molecule has 0 aromatic heterocycles. The molecule has 0 radical (unpaired) electrons. The van der Waals surface area contributed by atoms with Gasteiger partial charge in [-0.2, -0.15) is 0 Å². The Bertz CT molecular complexity index is 309. The lowest BCUT2D eigenvalue weighted by Crippen LogP contribution is -2.24. The Kier molecular flexibility index (Phi) is 4.10. The molecule has 14 heavy (non-hydrogen) atoms. The second kappa shape index (κ2) is 5.36. The first kappa shape index (κ1) is 10.7. The Morgan fingerprint density at radius 2 is 2.14 bits per heavy atom. The van der Waals surface area contributed by atoms with Crippen LogP contribution in [0.5, 0.6) is 0 Å². The number of aliphatic hydroxyl groups excluding tert-OH is 1. The molecular weight excluding hydrogens is 184 g/mol. The molecule has 0 aliphatic carbocycles. The van der Waals surface area contributed by atoms with Gasteiger partial charge in [-0.15, -0.1) is 0 Å². The van der Waals surface area contributed by atoms with Crippen LogP contribution in [0.15, 0.2) is 24.3 Å². The normalized spacial score (nSPS) is 10.1. The summed E-state index contributed by atoms with van der Waals surface area (Å²) in [5, 5.41) is 19.1. The van der Waals surface area contributed by atoms with Crippen molar-refractivity contribution in [2.45, 2.75) is 6.61 Å². The van der Waals surface area contributed by atoms with Crippen LogP contribution in [0.2, 0.25) is 0 Å². The summed E-state index contributed by atoms with van der Waals surface area (Å²) in [7, 11) is 0. The highest BCUT2D eigenvalue weighted by atomic mass is 16.5. The second-order valence-corrected chi connectivity index (χ2v) is 2.72. The van der Waals surface area contributed by atoms with Gasteiger partial charge in [0.2, 0.25) is 0 Å². The highest BCUT2D eigenvalue weighted by Gasteiger charge is 2.01. The van der Waals surface area contributed by atoms with Gasteiger partial charge in [-0.25, -0.2) is 0 Å². The first-order valence-electron chi connectivity index (χ1n) is 4.23. The minimum absolute atomic E-state index is 0.0759. The first-order valence-corrected chi connectivity index (χ1v) is 4.23. The predicted octanol–water partition coefficient (Wildman–Crippen LogP) is -0.441. The summed E-state index contributed by atoms with van der Waals surface area (Å²) in [5.41, 5.74) is 0.686. The maximum atomic E-state index is 10.6. The van der Waals surface area contributed by atoms with Crippen LogP contribution in [0.25, 0.3) is 0 Å². The molecule has 76 valence electrons. The van der Waals surface area contributed by atoms with Gasteiger partial charge in [0.05, 0.1) is 25.8 Å². The van der Waals surface area contributed by atoms with Crippen molar-refractivity contribution in [3.8, 4) is 0 Å². The van der Waals surface area contributed by atoms with E-state index in [1.165, 1.54) is 6.07 Å². The molecule has 1 aromatic rings. The zero-order valence-corrected chi connectivity index (χ0v) is 7.60. The van der Waals surface area contributed by atoms with Gasteiger partial charge in [-0.05, 0) is 5.56 Å². The number of carbonyl (C=O) groups excluding carboxylic acids is 1. The van der Waals surface area contributed by atoms with Gasteiger partial charge in [0, 0.05) is 5.56 Å². The van der Waals surface area contributed by atoms with Gasteiger partial charge in [0.1, 0.15) is 0 Å². The Hall–Kier alpha value is -1.39. The van der Waals surface area contributed by atoms with E-state index in [-0.39, 0.29) is 25.4 Å². The van der Waals surface area contributed by atoms with E-state index in [0.29, 0.717) is 5.56 Å². The maximum absolute atomic E-state index is 10.6. The highest BCUT2D eigenvalue weighted by Crippen LogP contribution is 2.08. The summed E-state index contributed by atoms with van der Waals surface area (Å²) in [6, 6.07) is 6.47. The number of benzene rings is 1. The largest absolute Gasteiger partial charge is 0.545 e. The molecule has 0 fully saturated rings. The Morgan fingerprint density at radius 3 is 2.79 bits per heavy atom. The molecule has 0 aliphatic heterocycles. The molecule has 4 heteroatoms. The number of ether oxygens (including phenoxy) is 1. The van der Waals surface area contributed by atoms with E-state index in [0.717, 1.165) is 0 Å². The molecule has 0 saturated heterocycles. The van der Waals surface area contributed by atoms with E-state index in [2.05, 4.69) is 0 Å². The van der Waals surface area contributed by atoms with E-state index < -0.39 is 5.97 Å². The highest BCUT2D eigenvalue weighted by molar-refractivity contribution is 5.87. The third-order valence-electron chi connectivity index (χ3n) is 1.73. The van der Waals surface area contributed by atoms with E-state index in [9.17, 15) is 9.90 Å². The zero-order chi connectivity index (χ0) is 10.4. The smallest absolute Gasteiger partial charge is 0.0724 e. The van der Waals surface area contributed by atoms with E-state index in [1.54, 1.807) is 18.2 Å². The fourth-order valence-corrected chi connectivity index (χ4v) is 1.09. The predicted molar refractivity (Wildman–Crippen MR) is 47.5 cm³/mol. The van der Waals surface area contributed by atoms with Crippen molar-refractivity contribution in [1.29, 1.82) is 0 Å². The SMILES string of the molecule is O=C([O-])c1ccccc1COCCO. The van der Waals surface area contributed by atoms with Crippen LogP contribution in [0.1, 0.15) is 15.9 Å². The van der Waals surface area contributed by atoms with Gasteiger partial charge >= 0.3 is 0 Å². The van der Waals surface area contributed by atoms with E-state index in [1.807, 2.05) is 0 Å². The van der Waals surface area contributed by atoms with Crippen molar-refractivity contribution >= 4 is 5.97 Å². The Balaban J connectivity index is 2.69. The van der Waals surface area contributed by atoms with Crippen molar-refractivity contribution in [2.24, 2.45) is 0 Å². The third kappa shape index (κ3) is 2.83. The lowest BCUT2D eigenvalue weighted by atomic mass is 10.1. The van der Waals surface area contributed by atoms with E-state index in [4.69, 9.17) is 9.84 Å². The quantitative estimate of drug-likeness (QED) is 0.646. The molecule has 0 aliphatic rings. The molecule has 0 amide bonds. The standard InChI is InChI=1S/C10H12O4/c11-5-6-14-7-8-3-1-2-4-9(8)10(12)13/h1-4,11H,5-7H2,(H,12,13)/p-1. The Morgan fingerprint density at radius 1 is 1.43 bits per heavy atom. The number of aromatic carboxylic acids is 1. The van der Waals surface area contributed by atoms with Gasteiger partial charge in [0.15, 0.2) is 0 Å². The number of carbonyl (C=O) groups is 1. The minimum atomic E-state index is -1.21. The molecule has 0 saturated carbocycles. The van der Waals surface area contributed by atoms with Crippen molar-refractivity contribution in [3.05, 3.63) is 35.4 Å². The summed E-state index contributed by atoms with van der Waals surface area (Å²) in [4.78, 5) is 10.6. The summed E-state index contributed by atoms with van der Waals surface area (Å²) in [5.74, 6) is -1.21. The first-order chi connectivity index (χ1) is 6.75. The molecular formula is C10H11O4-. The van der Waals surface area contributed by atoms with Gasteiger partial charge in [0.25, 0.3) is 0 Å². The van der Waals surface area contributed by atoms with Crippen molar-refractivity contribution in [3.63, 3.8) is 0 Å². The monoisotopic (exact) mass is 195 g/mol. The zero-order valence-electron chi connectivity index (χ0n) is 7.60. The molecule has 1 aromatic carbocycles. The van der Waals surface area contributed by atoms with Crippen LogP contribution in [-0.2, 0) is 11.3 Å².